The zero-order chi connectivity index (χ0) is 14.7. The van der Waals surface area contributed by atoms with E-state index < -0.39 is 0 Å². The summed E-state index contributed by atoms with van der Waals surface area (Å²) in [6.45, 7) is 3.16. The lowest BCUT2D eigenvalue weighted by molar-refractivity contribution is 0.629. The average molecular weight is 297 g/mol. The van der Waals surface area contributed by atoms with Gasteiger partial charge in [0, 0.05) is 4.90 Å². The fourth-order valence-corrected chi connectivity index (χ4v) is 3.61. The summed E-state index contributed by atoms with van der Waals surface area (Å²) < 4.78 is 0. The van der Waals surface area contributed by atoms with Gasteiger partial charge in [-0.3, -0.25) is 0 Å². The molecule has 0 aromatic heterocycles. The third-order valence-electron chi connectivity index (χ3n) is 4.31. The van der Waals surface area contributed by atoms with Crippen molar-refractivity contribution < 1.29 is 0 Å². The molecule has 21 heavy (non-hydrogen) atoms. The van der Waals surface area contributed by atoms with Crippen molar-refractivity contribution in [1.82, 2.24) is 5.32 Å². The molecule has 2 aromatic carbocycles. The molecule has 1 aliphatic carbocycles. The van der Waals surface area contributed by atoms with E-state index in [1.165, 1.54) is 35.3 Å². The normalized spacial score (nSPS) is 15.0. The minimum Gasteiger partial charge on any atom is -0.307 e. The molecule has 1 N–H and O–H groups in total. The Morgan fingerprint density at radius 3 is 2.43 bits per heavy atom. The Kier molecular flexibility index (Phi) is 4.67. The molecule has 0 fully saturated rings. The molecule has 0 saturated carbocycles. The number of fused-ring (bicyclic) bond motifs is 1. The van der Waals surface area contributed by atoms with Gasteiger partial charge in [0.2, 0.25) is 0 Å². The largest absolute Gasteiger partial charge is 0.307 e. The van der Waals surface area contributed by atoms with Crippen LogP contribution in [0.5, 0.6) is 0 Å². The second kappa shape index (κ2) is 6.67. The Morgan fingerprint density at radius 1 is 1.00 bits per heavy atom. The van der Waals surface area contributed by atoms with E-state index in [0.717, 1.165) is 6.54 Å². The third-order valence-corrected chi connectivity index (χ3v) is 5.06. The van der Waals surface area contributed by atoms with Crippen LogP contribution in [-0.4, -0.2) is 12.8 Å². The number of nitrogens with one attached hydrogen (secondary N) is 1. The molecule has 1 aliphatic rings. The quantitative estimate of drug-likeness (QED) is 0.810. The Bertz CT molecular complexity index is 603. The van der Waals surface area contributed by atoms with E-state index >= 15 is 0 Å². The Labute approximate surface area is 132 Å². The zero-order valence-corrected chi connectivity index (χ0v) is 13.7. The smallest absolute Gasteiger partial charge is 0.0576 e. The van der Waals surface area contributed by atoms with Gasteiger partial charge >= 0.3 is 0 Å². The van der Waals surface area contributed by atoms with Crippen LogP contribution in [0.4, 0.5) is 0 Å². The first-order chi connectivity index (χ1) is 10.3. The Balaban J connectivity index is 1.93. The summed E-state index contributed by atoms with van der Waals surface area (Å²) in [6, 6.07) is 16.3. The average Bonchev–Trinajstić information content (AvgIpc) is 3.00. The summed E-state index contributed by atoms with van der Waals surface area (Å²) in [5.41, 5.74) is 5.85. The second-order valence-corrected chi connectivity index (χ2v) is 6.53. The molecule has 2 heteroatoms. The fourth-order valence-electron chi connectivity index (χ4n) is 3.20. The predicted octanol–water partition coefficient (Wildman–Crippen LogP) is 4.60. The Hall–Kier alpha value is -1.25. The fraction of sp³-hybridized carbons (Fsp3) is 0.368. The van der Waals surface area contributed by atoms with Gasteiger partial charge in [-0.25, -0.2) is 0 Å². The van der Waals surface area contributed by atoms with Crippen LogP contribution in [0.2, 0.25) is 0 Å². The van der Waals surface area contributed by atoms with Crippen LogP contribution in [0.3, 0.4) is 0 Å². The van der Waals surface area contributed by atoms with Crippen LogP contribution in [0.25, 0.3) is 0 Å². The molecule has 2 aromatic rings. The maximum Gasteiger partial charge on any atom is 0.0576 e. The summed E-state index contributed by atoms with van der Waals surface area (Å²) in [5.74, 6) is 0. The molecule has 1 atom stereocenters. The number of hydrogen-bond donors (Lipinski definition) is 1. The molecular formula is C19H23NS. The van der Waals surface area contributed by atoms with Crippen LogP contribution in [0.1, 0.15) is 41.6 Å². The lowest BCUT2D eigenvalue weighted by Crippen LogP contribution is -2.22. The number of rotatable bonds is 5. The van der Waals surface area contributed by atoms with E-state index in [-0.39, 0.29) is 0 Å². The maximum atomic E-state index is 3.64. The van der Waals surface area contributed by atoms with Crippen molar-refractivity contribution in [1.29, 1.82) is 0 Å². The van der Waals surface area contributed by atoms with Gasteiger partial charge in [-0.15, -0.1) is 11.8 Å². The van der Waals surface area contributed by atoms with Crippen molar-refractivity contribution in [2.24, 2.45) is 0 Å². The van der Waals surface area contributed by atoms with E-state index in [1.54, 1.807) is 22.9 Å². The van der Waals surface area contributed by atoms with Crippen molar-refractivity contribution in [2.75, 3.05) is 12.8 Å². The van der Waals surface area contributed by atoms with Crippen LogP contribution >= 0.6 is 11.8 Å². The first-order valence-electron chi connectivity index (χ1n) is 7.81. The number of hydrogen-bond acceptors (Lipinski definition) is 2. The van der Waals surface area contributed by atoms with Crippen molar-refractivity contribution in [3.63, 3.8) is 0 Å². The standard InChI is InChI=1S/C19H23NS/c1-3-20-19(15-9-11-18(21-2)12-10-15)17-8-7-14-5-4-6-16(14)13-17/h7-13,19-20H,3-6H2,1-2H3. The van der Waals surface area contributed by atoms with Gasteiger partial charge in [0.05, 0.1) is 6.04 Å². The summed E-state index contributed by atoms with van der Waals surface area (Å²) in [7, 11) is 0. The second-order valence-electron chi connectivity index (χ2n) is 5.65. The lowest BCUT2D eigenvalue weighted by Gasteiger charge is -2.20. The van der Waals surface area contributed by atoms with Crippen LogP contribution < -0.4 is 5.32 Å². The van der Waals surface area contributed by atoms with Crippen molar-refractivity contribution >= 4 is 11.8 Å². The molecule has 1 unspecified atom stereocenters. The molecule has 3 rings (SSSR count). The van der Waals surface area contributed by atoms with Crippen LogP contribution in [-0.2, 0) is 12.8 Å². The minimum absolute atomic E-state index is 0.303. The van der Waals surface area contributed by atoms with Crippen molar-refractivity contribution in [2.45, 2.75) is 37.1 Å². The number of benzene rings is 2. The van der Waals surface area contributed by atoms with Crippen LogP contribution in [0.15, 0.2) is 47.4 Å². The highest BCUT2D eigenvalue weighted by molar-refractivity contribution is 7.98. The minimum atomic E-state index is 0.303. The van der Waals surface area contributed by atoms with E-state index in [4.69, 9.17) is 0 Å². The van der Waals surface area contributed by atoms with Gasteiger partial charge < -0.3 is 5.32 Å². The number of aryl methyl sites for hydroxylation is 2. The monoisotopic (exact) mass is 297 g/mol. The van der Waals surface area contributed by atoms with E-state index in [1.807, 2.05) is 0 Å². The van der Waals surface area contributed by atoms with Gasteiger partial charge in [0.15, 0.2) is 0 Å². The molecule has 0 spiro atoms. The SMILES string of the molecule is CCNC(c1ccc(SC)cc1)c1ccc2c(c1)CCC2. The molecule has 1 nitrogen and oxygen atoms in total. The highest BCUT2D eigenvalue weighted by Gasteiger charge is 2.17. The molecule has 0 amide bonds. The first-order valence-corrected chi connectivity index (χ1v) is 9.03. The topological polar surface area (TPSA) is 12.0 Å². The summed E-state index contributed by atoms with van der Waals surface area (Å²) in [4.78, 5) is 1.32. The predicted molar refractivity (Wildman–Crippen MR) is 92.2 cm³/mol. The van der Waals surface area contributed by atoms with Crippen molar-refractivity contribution in [3.8, 4) is 0 Å². The van der Waals surface area contributed by atoms with Gasteiger partial charge in [-0.1, -0.05) is 37.3 Å². The van der Waals surface area contributed by atoms with Gasteiger partial charge in [0.25, 0.3) is 0 Å². The van der Waals surface area contributed by atoms with Crippen LogP contribution in [0, 0.1) is 0 Å². The molecular weight excluding hydrogens is 274 g/mol. The van der Waals surface area contributed by atoms with E-state index in [2.05, 4.69) is 61.0 Å². The molecule has 0 bridgehead atoms. The molecule has 0 heterocycles. The molecule has 0 saturated heterocycles. The van der Waals surface area contributed by atoms with Gasteiger partial charge in [0.1, 0.15) is 0 Å². The van der Waals surface area contributed by atoms with E-state index in [0.29, 0.717) is 6.04 Å². The highest BCUT2D eigenvalue weighted by atomic mass is 32.2. The maximum absolute atomic E-state index is 3.64. The van der Waals surface area contributed by atoms with Crippen molar-refractivity contribution in [3.05, 3.63) is 64.7 Å². The lowest BCUT2D eigenvalue weighted by atomic mass is 9.95. The zero-order valence-electron chi connectivity index (χ0n) is 12.9. The summed E-state index contributed by atoms with van der Waals surface area (Å²) in [6.07, 6.45) is 5.93. The number of thioether (sulfide) groups is 1. The molecule has 0 radical (unpaired) electrons. The Morgan fingerprint density at radius 2 is 1.71 bits per heavy atom. The first kappa shape index (κ1) is 14.7. The van der Waals surface area contributed by atoms with Gasteiger partial charge in [-0.05, 0) is 66.4 Å². The van der Waals surface area contributed by atoms with Gasteiger partial charge in [-0.2, -0.15) is 0 Å². The summed E-state index contributed by atoms with van der Waals surface area (Å²) in [5, 5.41) is 3.64. The molecule has 0 aliphatic heterocycles. The summed E-state index contributed by atoms with van der Waals surface area (Å²) >= 11 is 1.79. The molecule has 110 valence electrons. The third kappa shape index (κ3) is 3.17. The van der Waals surface area contributed by atoms with E-state index in [9.17, 15) is 0 Å². The highest BCUT2D eigenvalue weighted by Crippen LogP contribution is 2.29.